The molecule has 1 aliphatic carbocycles. The molecule has 0 aromatic rings. The van der Waals surface area contributed by atoms with E-state index in [0.29, 0.717) is 32.0 Å². The minimum Gasteiger partial charge on any atom is -0.342 e. The van der Waals surface area contributed by atoms with Gasteiger partial charge in [0.05, 0.1) is 0 Å². The molecule has 1 unspecified atom stereocenters. The van der Waals surface area contributed by atoms with Crippen LogP contribution in [0.4, 0.5) is 4.79 Å². The van der Waals surface area contributed by atoms with Crippen LogP contribution in [-0.2, 0) is 4.79 Å². The van der Waals surface area contributed by atoms with Crippen LogP contribution in [0.1, 0.15) is 58.3 Å². The van der Waals surface area contributed by atoms with Crippen LogP contribution in [-0.4, -0.2) is 49.1 Å². The molecule has 1 saturated carbocycles. The van der Waals surface area contributed by atoms with E-state index in [1.54, 1.807) is 0 Å². The summed E-state index contributed by atoms with van der Waals surface area (Å²) in [5.74, 6) is 0.177. The van der Waals surface area contributed by atoms with Gasteiger partial charge < -0.3 is 21.3 Å². The van der Waals surface area contributed by atoms with Gasteiger partial charge in [-0.3, -0.25) is 4.79 Å². The molecule has 6 nitrogen and oxygen atoms in total. The number of carbonyl (C=O) groups is 2. The zero-order valence-electron chi connectivity index (χ0n) is 14.4. The van der Waals surface area contributed by atoms with Crippen molar-refractivity contribution in [2.24, 2.45) is 11.1 Å². The van der Waals surface area contributed by atoms with Crippen molar-refractivity contribution >= 4 is 11.9 Å². The van der Waals surface area contributed by atoms with Crippen molar-refractivity contribution in [3.8, 4) is 0 Å². The highest BCUT2D eigenvalue weighted by Crippen LogP contribution is 2.28. The zero-order valence-corrected chi connectivity index (χ0v) is 14.4. The van der Waals surface area contributed by atoms with Crippen LogP contribution in [0.5, 0.6) is 0 Å². The molecule has 4 N–H and O–H groups in total. The Labute approximate surface area is 139 Å². The summed E-state index contributed by atoms with van der Waals surface area (Å²) in [6.45, 7) is 4.88. The standard InChI is InChI=1S/C17H32N4O2/c1-17(12-18)9-11-21(13-17)15(22)8-5-10-19-16(23)20-14-6-3-2-4-7-14/h14H,2-13,18H2,1H3,(H2,19,20,23). The van der Waals surface area contributed by atoms with Crippen LogP contribution < -0.4 is 16.4 Å². The van der Waals surface area contributed by atoms with E-state index in [9.17, 15) is 9.59 Å². The number of rotatable bonds is 6. The second-order valence-electron chi connectivity index (χ2n) is 7.42. The Morgan fingerprint density at radius 1 is 1.26 bits per heavy atom. The van der Waals surface area contributed by atoms with Crippen molar-refractivity contribution in [1.82, 2.24) is 15.5 Å². The number of carbonyl (C=O) groups excluding carboxylic acids is 2. The first-order valence-electron chi connectivity index (χ1n) is 9.05. The lowest BCUT2D eigenvalue weighted by molar-refractivity contribution is -0.130. The molecule has 0 spiro atoms. The Balaban J connectivity index is 1.56. The van der Waals surface area contributed by atoms with Gasteiger partial charge in [-0.1, -0.05) is 26.2 Å². The molecule has 1 aliphatic heterocycles. The van der Waals surface area contributed by atoms with Crippen LogP contribution >= 0.6 is 0 Å². The summed E-state index contributed by atoms with van der Waals surface area (Å²) in [5, 5.41) is 5.88. The van der Waals surface area contributed by atoms with Gasteiger partial charge >= 0.3 is 6.03 Å². The summed E-state index contributed by atoms with van der Waals surface area (Å²) in [5.41, 5.74) is 5.85. The van der Waals surface area contributed by atoms with E-state index in [1.165, 1.54) is 19.3 Å². The lowest BCUT2D eigenvalue weighted by atomic mass is 9.90. The third kappa shape index (κ3) is 5.68. The maximum atomic E-state index is 12.2. The number of hydrogen-bond donors (Lipinski definition) is 3. The lowest BCUT2D eigenvalue weighted by Gasteiger charge is -2.23. The van der Waals surface area contributed by atoms with Gasteiger partial charge in [0.25, 0.3) is 0 Å². The summed E-state index contributed by atoms with van der Waals surface area (Å²) < 4.78 is 0. The predicted molar refractivity (Wildman–Crippen MR) is 91.0 cm³/mol. The number of nitrogens with zero attached hydrogens (tertiary/aromatic N) is 1. The summed E-state index contributed by atoms with van der Waals surface area (Å²) in [6.07, 6.45) is 8.02. The lowest BCUT2D eigenvalue weighted by Crippen LogP contribution is -2.43. The summed E-state index contributed by atoms with van der Waals surface area (Å²) in [7, 11) is 0. The summed E-state index contributed by atoms with van der Waals surface area (Å²) >= 11 is 0. The monoisotopic (exact) mass is 324 g/mol. The summed E-state index contributed by atoms with van der Waals surface area (Å²) in [4.78, 5) is 25.9. The maximum absolute atomic E-state index is 12.2. The van der Waals surface area contributed by atoms with Crippen molar-refractivity contribution in [2.75, 3.05) is 26.2 Å². The molecule has 6 heteroatoms. The Kier molecular flexibility index (Phi) is 6.69. The van der Waals surface area contributed by atoms with Crippen molar-refractivity contribution in [3.63, 3.8) is 0 Å². The highest BCUT2D eigenvalue weighted by molar-refractivity contribution is 5.77. The van der Waals surface area contributed by atoms with E-state index in [2.05, 4.69) is 17.6 Å². The molecule has 1 heterocycles. The molecule has 0 aromatic carbocycles. The van der Waals surface area contributed by atoms with Crippen molar-refractivity contribution < 1.29 is 9.59 Å². The van der Waals surface area contributed by atoms with Gasteiger partial charge in [-0.25, -0.2) is 4.79 Å². The number of nitrogens with two attached hydrogens (primary N) is 1. The van der Waals surface area contributed by atoms with Gasteiger partial charge in [-0.2, -0.15) is 0 Å². The van der Waals surface area contributed by atoms with Crippen LogP contribution in [0.3, 0.4) is 0 Å². The maximum Gasteiger partial charge on any atom is 0.315 e. The number of amides is 3. The largest absolute Gasteiger partial charge is 0.342 e. The number of hydrogen-bond acceptors (Lipinski definition) is 3. The summed E-state index contributed by atoms with van der Waals surface area (Å²) in [6, 6.07) is 0.227. The molecule has 0 aromatic heterocycles. The molecule has 2 aliphatic rings. The van der Waals surface area contributed by atoms with Gasteiger partial charge in [-0.15, -0.1) is 0 Å². The Bertz CT molecular complexity index is 409. The predicted octanol–water partition coefficient (Wildman–Crippen LogP) is 1.60. The molecule has 1 atom stereocenters. The van der Waals surface area contributed by atoms with Crippen molar-refractivity contribution in [1.29, 1.82) is 0 Å². The highest BCUT2D eigenvalue weighted by Gasteiger charge is 2.34. The van der Waals surface area contributed by atoms with E-state index in [1.807, 2.05) is 4.90 Å². The Morgan fingerprint density at radius 2 is 2.00 bits per heavy atom. The van der Waals surface area contributed by atoms with E-state index < -0.39 is 0 Å². The third-order valence-corrected chi connectivity index (χ3v) is 5.20. The fraction of sp³-hybridized carbons (Fsp3) is 0.882. The van der Waals surface area contributed by atoms with Crippen molar-refractivity contribution in [2.45, 2.75) is 64.3 Å². The number of nitrogens with one attached hydrogen (secondary N) is 2. The van der Waals surface area contributed by atoms with Gasteiger partial charge in [-0.05, 0) is 37.6 Å². The molecule has 3 amide bonds. The zero-order chi connectivity index (χ0) is 16.7. The van der Waals surface area contributed by atoms with Crippen LogP contribution in [0.2, 0.25) is 0 Å². The number of likely N-dealkylation sites (tertiary alicyclic amines) is 1. The molecule has 0 bridgehead atoms. The smallest absolute Gasteiger partial charge is 0.315 e. The third-order valence-electron chi connectivity index (χ3n) is 5.20. The fourth-order valence-corrected chi connectivity index (χ4v) is 3.49. The molecule has 2 rings (SSSR count). The van der Waals surface area contributed by atoms with Crippen LogP contribution in [0.15, 0.2) is 0 Å². The highest BCUT2D eigenvalue weighted by atomic mass is 16.2. The SMILES string of the molecule is CC1(CN)CCN(C(=O)CCCNC(=O)NC2CCCCC2)C1. The van der Waals surface area contributed by atoms with E-state index in [0.717, 1.165) is 32.4 Å². The van der Waals surface area contributed by atoms with Crippen molar-refractivity contribution in [3.05, 3.63) is 0 Å². The van der Waals surface area contributed by atoms with E-state index >= 15 is 0 Å². The van der Waals surface area contributed by atoms with E-state index in [4.69, 9.17) is 5.73 Å². The van der Waals surface area contributed by atoms with E-state index in [-0.39, 0.29) is 17.4 Å². The molecular formula is C17H32N4O2. The van der Waals surface area contributed by atoms with Gasteiger partial charge in [0.15, 0.2) is 0 Å². The second kappa shape index (κ2) is 8.52. The van der Waals surface area contributed by atoms with Gasteiger partial charge in [0.1, 0.15) is 0 Å². The minimum absolute atomic E-state index is 0.0772. The molecule has 2 fully saturated rings. The fourth-order valence-electron chi connectivity index (χ4n) is 3.49. The first kappa shape index (κ1) is 18.0. The average molecular weight is 324 g/mol. The first-order valence-corrected chi connectivity index (χ1v) is 9.05. The normalized spacial score (nSPS) is 25.4. The molecular weight excluding hydrogens is 292 g/mol. The topological polar surface area (TPSA) is 87.5 Å². The first-order chi connectivity index (χ1) is 11.0. The Hall–Kier alpha value is -1.30. The molecule has 23 heavy (non-hydrogen) atoms. The molecule has 1 saturated heterocycles. The van der Waals surface area contributed by atoms with Gasteiger partial charge in [0.2, 0.25) is 5.91 Å². The number of urea groups is 1. The minimum atomic E-state index is -0.0961. The second-order valence-corrected chi connectivity index (χ2v) is 7.42. The molecule has 0 radical (unpaired) electrons. The quantitative estimate of drug-likeness (QED) is 0.649. The van der Waals surface area contributed by atoms with Crippen LogP contribution in [0.25, 0.3) is 0 Å². The average Bonchev–Trinajstić information content (AvgIpc) is 2.96. The Morgan fingerprint density at radius 3 is 2.65 bits per heavy atom. The molecule has 132 valence electrons. The van der Waals surface area contributed by atoms with Gasteiger partial charge in [0, 0.05) is 32.1 Å². The van der Waals surface area contributed by atoms with Crippen LogP contribution in [0, 0.1) is 5.41 Å².